The summed E-state index contributed by atoms with van der Waals surface area (Å²) in [4.78, 5) is 0. The molecule has 0 heterocycles. The van der Waals surface area contributed by atoms with E-state index in [4.69, 9.17) is 5.11 Å². The first-order valence-electron chi connectivity index (χ1n) is 2.85. The average molecular weight is 110 g/mol. The fourth-order valence-corrected chi connectivity index (χ4v) is 0.822. The highest BCUT2D eigenvalue weighted by molar-refractivity contribution is 5.13. The standard InChI is InChI=1S/C7H10O/c1-6-3-2-4-7(8)5-6/h2-4,6,8H,5H2,1H3. The third-order valence-corrected chi connectivity index (χ3v) is 1.26. The first-order valence-corrected chi connectivity index (χ1v) is 2.85. The van der Waals surface area contributed by atoms with Crippen molar-refractivity contribution in [3.63, 3.8) is 0 Å². The normalized spacial score (nSPS) is 27.6. The molecule has 44 valence electrons. The van der Waals surface area contributed by atoms with Crippen molar-refractivity contribution in [3.8, 4) is 0 Å². The Morgan fingerprint density at radius 2 is 2.50 bits per heavy atom. The molecule has 0 aromatic rings. The maximum Gasteiger partial charge on any atom is 0.0928 e. The molecule has 1 aliphatic rings. The van der Waals surface area contributed by atoms with E-state index < -0.39 is 0 Å². The molecule has 8 heavy (non-hydrogen) atoms. The van der Waals surface area contributed by atoms with Crippen LogP contribution in [0.2, 0.25) is 0 Å². The minimum atomic E-state index is 0.500. The van der Waals surface area contributed by atoms with Crippen LogP contribution in [0.4, 0.5) is 0 Å². The second kappa shape index (κ2) is 2.03. The minimum absolute atomic E-state index is 0.500. The Bertz CT molecular complexity index is 133. The monoisotopic (exact) mass is 110 g/mol. The molecule has 0 radical (unpaired) electrons. The van der Waals surface area contributed by atoms with Crippen molar-refractivity contribution in [2.75, 3.05) is 0 Å². The Labute approximate surface area is 49.3 Å². The van der Waals surface area contributed by atoms with Crippen molar-refractivity contribution >= 4 is 0 Å². The number of hydrogen-bond donors (Lipinski definition) is 1. The molecular formula is C7H10O. The van der Waals surface area contributed by atoms with Crippen LogP contribution in [0, 0.1) is 5.92 Å². The molecule has 0 saturated heterocycles. The Morgan fingerprint density at radius 1 is 1.75 bits per heavy atom. The Hall–Kier alpha value is -0.720. The van der Waals surface area contributed by atoms with Crippen molar-refractivity contribution in [2.24, 2.45) is 5.92 Å². The fraction of sp³-hybridized carbons (Fsp3) is 0.429. The van der Waals surface area contributed by atoms with Gasteiger partial charge in [-0.05, 0) is 12.0 Å². The first-order chi connectivity index (χ1) is 3.79. The molecule has 1 heteroatoms. The van der Waals surface area contributed by atoms with E-state index in [2.05, 4.69) is 13.0 Å². The van der Waals surface area contributed by atoms with Gasteiger partial charge in [0.1, 0.15) is 0 Å². The molecular weight excluding hydrogens is 100 g/mol. The second-order valence-electron chi connectivity index (χ2n) is 2.22. The highest BCUT2D eigenvalue weighted by atomic mass is 16.3. The van der Waals surface area contributed by atoms with Crippen LogP contribution in [0.15, 0.2) is 24.0 Å². The highest BCUT2D eigenvalue weighted by Crippen LogP contribution is 2.14. The lowest BCUT2D eigenvalue weighted by molar-refractivity contribution is 0.369. The summed E-state index contributed by atoms with van der Waals surface area (Å²) < 4.78 is 0. The Morgan fingerprint density at radius 3 is 2.88 bits per heavy atom. The van der Waals surface area contributed by atoms with Gasteiger partial charge in [-0.15, -0.1) is 0 Å². The van der Waals surface area contributed by atoms with E-state index in [1.165, 1.54) is 0 Å². The molecule has 0 fully saturated rings. The van der Waals surface area contributed by atoms with Gasteiger partial charge in [0.15, 0.2) is 0 Å². The molecule has 1 atom stereocenters. The van der Waals surface area contributed by atoms with Crippen LogP contribution in [-0.2, 0) is 0 Å². The zero-order valence-electron chi connectivity index (χ0n) is 4.96. The zero-order valence-corrected chi connectivity index (χ0v) is 4.96. The first kappa shape index (κ1) is 5.42. The van der Waals surface area contributed by atoms with Crippen LogP contribution in [0.3, 0.4) is 0 Å². The van der Waals surface area contributed by atoms with Gasteiger partial charge in [-0.25, -0.2) is 0 Å². The molecule has 1 aliphatic carbocycles. The Kier molecular flexibility index (Phi) is 1.38. The maximum atomic E-state index is 8.89. The van der Waals surface area contributed by atoms with Crippen molar-refractivity contribution in [3.05, 3.63) is 24.0 Å². The topological polar surface area (TPSA) is 20.2 Å². The SMILES string of the molecule is CC1C=CC=C(O)C1. The molecule has 0 aromatic heterocycles. The van der Waals surface area contributed by atoms with Gasteiger partial charge in [-0.1, -0.05) is 19.1 Å². The average Bonchev–Trinajstić information content (AvgIpc) is 1.64. The predicted molar refractivity (Wildman–Crippen MR) is 33.6 cm³/mol. The lowest BCUT2D eigenvalue weighted by Gasteiger charge is -2.07. The van der Waals surface area contributed by atoms with E-state index in [1.807, 2.05) is 6.08 Å². The van der Waals surface area contributed by atoms with E-state index in [0.717, 1.165) is 6.42 Å². The van der Waals surface area contributed by atoms with Gasteiger partial charge < -0.3 is 5.11 Å². The van der Waals surface area contributed by atoms with E-state index >= 15 is 0 Å². The molecule has 0 aliphatic heterocycles. The number of aliphatic hydroxyl groups excluding tert-OH is 1. The van der Waals surface area contributed by atoms with Crippen molar-refractivity contribution in [1.82, 2.24) is 0 Å². The molecule has 0 aromatic carbocycles. The van der Waals surface area contributed by atoms with E-state index in [-0.39, 0.29) is 0 Å². The molecule has 0 saturated carbocycles. The quantitative estimate of drug-likeness (QED) is 0.505. The van der Waals surface area contributed by atoms with Gasteiger partial charge in [0.2, 0.25) is 0 Å². The summed E-state index contributed by atoms with van der Waals surface area (Å²) in [6, 6.07) is 0. The molecule has 1 unspecified atom stereocenters. The van der Waals surface area contributed by atoms with Crippen molar-refractivity contribution in [2.45, 2.75) is 13.3 Å². The highest BCUT2D eigenvalue weighted by Gasteiger charge is 2.02. The van der Waals surface area contributed by atoms with E-state index in [0.29, 0.717) is 11.7 Å². The maximum absolute atomic E-state index is 8.89. The number of hydrogen-bond acceptors (Lipinski definition) is 1. The van der Waals surface area contributed by atoms with Crippen LogP contribution < -0.4 is 0 Å². The van der Waals surface area contributed by atoms with Crippen LogP contribution in [0.5, 0.6) is 0 Å². The van der Waals surface area contributed by atoms with Crippen molar-refractivity contribution in [1.29, 1.82) is 0 Å². The molecule has 1 nitrogen and oxygen atoms in total. The lowest BCUT2D eigenvalue weighted by Crippen LogP contribution is -1.95. The summed E-state index contributed by atoms with van der Waals surface area (Å²) in [6.07, 6.45) is 6.51. The van der Waals surface area contributed by atoms with Gasteiger partial charge in [0.05, 0.1) is 5.76 Å². The van der Waals surface area contributed by atoms with E-state index in [9.17, 15) is 0 Å². The number of aliphatic hydroxyl groups is 1. The van der Waals surface area contributed by atoms with E-state index in [1.54, 1.807) is 6.08 Å². The van der Waals surface area contributed by atoms with Gasteiger partial charge in [0.25, 0.3) is 0 Å². The van der Waals surface area contributed by atoms with Crippen LogP contribution in [-0.4, -0.2) is 5.11 Å². The summed E-state index contributed by atoms with van der Waals surface area (Å²) in [5, 5.41) is 8.89. The van der Waals surface area contributed by atoms with Crippen LogP contribution in [0.25, 0.3) is 0 Å². The summed E-state index contributed by atoms with van der Waals surface area (Å²) in [5.41, 5.74) is 0. The van der Waals surface area contributed by atoms with Crippen LogP contribution >= 0.6 is 0 Å². The zero-order chi connectivity index (χ0) is 5.98. The van der Waals surface area contributed by atoms with Gasteiger partial charge >= 0.3 is 0 Å². The second-order valence-corrected chi connectivity index (χ2v) is 2.22. The molecule has 0 spiro atoms. The minimum Gasteiger partial charge on any atom is -0.512 e. The summed E-state index contributed by atoms with van der Waals surface area (Å²) >= 11 is 0. The fourth-order valence-electron chi connectivity index (χ4n) is 0.822. The summed E-state index contributed by atoms with van der Waals surface area (Å²) in [6.45, 7) is 2.08. The smallest absolute Gasteiger partial charge is 0.0928 e. The third kappa shape index (κ3) is 1.12. The molecule has 0 amide bonds. The summed E-state index contributed by atoms with van der Waals surface area (Å²) in [5.74, 6) is 1.01. The van der Waals surface area contributed by atoms with Gasteiger partial charge in [-0.2, -0.15) is 0 Å². The van der Waals surface area contributed by atoms with Crippen molar-refractivity contribution < 1.29 is 5.11 Å². The number of rotatable bonds is 0. The largest absolute Gasteiger partial charge is 0.512 e. The summed E-state index contributed by atoms with van der Waals surface area (Å²) in [7, 11) is 0. The molecule has 0 bridgehead atoms. The van der Waals surface area contributed by atoms with Crippen LogP contribution in [0.1, 0.15) is 13.3 Å². The third-order valence-electron chi connectivity index (χ3n) is 1.26. The Balaban J connectivity index is 2.59. The molecule has 1 N–H and O–H groups in total. The predicted octanol–water partition coefficient (Wildman–Crippen LogP) is 2.02. The van der Waals surface area contributed by atoms with Gasteiger partial charge in [0, 0.05) is 6.42 Å². The van der Waals surface area contributed by atoms with Gasteiger partial charge in [-0.3, -0.25) is 0 Å². The lowest BCUT2D eigenvalue weighted by atomic mass is 10.0. The number of allylic oxidation sites excluding steroid dienone is 4. The molecule has 1 rings (SSSR count).